The van der Waals surface area contributed by atoms with E-state index in [-0.39, 0.29) is 17.8 Å². The predicted octanol–water partition coefficient (Wildman–Crippen LogP) is 2.61. The first-order valence-electron chi connectivity index (χ1n) is 7.16. The number of hydrogen-bond acceptors (Lipinski definition) is 3. The zero-order valence-electron chi connectivity index (χ0n) is 12.9. The lowest BCUT2D eigenvalue weighted by Crippen LogP contribution is -2.47. The lowest BCUT2D eigenvalue weighted by Gasteiger charge is -2.35. The molecule has 19 heavy (non-hydrogen) atoms. The third kappa shape index (κ3) is 4.22. The summed E-state index contributed by atoms with van der Waals surface area (Å²) in [6.45, 7) is 8.08. The average molecular weight is 269 g/mol. The average Bonchev–Trinajstić information content (AvgIpc) is 2.86. The fourth-order valence-corrected chi connectivity index (χ4v) is 2.62. The number of carbonyl (C=O) groups excluding carboxylic acids is 2. The molecule has 0 bridgehead atoms. The molecule has 4 heteroatoms. The Kier molecular flexibility index (Phi) is 5.39. The van der Waals surface area contributed by atoms with Gasteiger partial charge in [0, 0.05) is 18.0 Å². The number of nitrogens with zero attached hydrogens (tertiary/aromatic N) is 1. The smallest absolute Gasteiger partial charge is 0.310 e. The second-order valence-electron chi connectivity index (χ2n) is 6.57. The maximum Gasteiger partial charge on any atom is 0.310 e. The van der Waals surface area contributed by atoms with Gasteiger partial charge < -0.3 is 9.64 Å². The Labute approximate surface area is 116 Å². The van der Waals surface area contributed by atoms with E-state index in [0.29, 0.717) is 12.6 Å². The van der Waals surface area contributed by atoms with Gasteiger partial charge in [-0.05, 0) is 12.8 Å². The van der Waals surface area contributed by atoms with Crippen LogP contribution in [0.2, 0.25) is 0 Å². The Morgan fingerprint density at radius 1 is 1.26 bits per heavy atom. The Morgan fingerprint density at radius 3 is 2.21 bits per heavy atom. The number of amides is 1. The van der Waals surface area contributed by atoms with Crippen LogP contribution in [0.1, 0.15) is 53.4 Å². The van der Waals surface area contributed by atoms with Crippen LogP contribution < -0.4 is 0 Å². The van der Waals surface area contributed by atoms with Crippen molar-refractivity contribution in [2.45, 2.75) is 59.4 Å². The maximum absolute atomic E-state index is 12.6. The molecule has 1 unspecified atom stereocenters. The summed E-state index contributed by atoms with van der Waals surface area (Å²) in [4.78, 5) is 26.1. The molecule has 1 rings (SSSR count). The lowest BCUT2D eigenvalue weighted by atomic mass is 9.93. The minimum Gasteiger partial charge on any atom is -0.469 e. The zero-order valence-corrected chi connectivity index (χ0v) is 12.9. The molecule has 0 aromatic rings. The Hall–Kier alpha value is -1.06. The highest BCUT2D eigenvalue weighted by Crippen LogP contribution is 2.28. The predicted molar refractivity (Wildman–Crippen MR) is 74.6 cm³/mol. The van der Waals surface area contributed by atoms with Gasteiger partial charge in [0.15, 0.2) is 0 Å². The van der Waals surface area contributed by atoms with E-state index < -0.39 is 5.41 Å². The molecule has 0 aliphatic heterocycles. The van der Waals surface area contributed by atoms with Crippen molar-refractivity contribution in [1.29, 1.82) is 0 Å². The lowest BCUT2D eigenvalue weighted by molar-refractivity contribution is -0.149. The Balaban J connectivity index is 2.80. The van der Waals surface area contributed by atoms with Crippen molar-refractivity contribution in [3.63, 3.8) is 0 Å². The third-order valence-electron chi connectivity index (χ3n) is 3.74. The van der Waals surface area contributed by atoms with Gasteiger partial charge in [0.1, 0.15) is 0 Å². The van der Waals surface area contributed by atoms with Crippen molar-refractivity contribution in [2.24, 2.45) is 11.3 Å². The van der Waals surface area contributed by atoms with Crippen LogP contribution in [0, 0.1) is 11.3 Å². The minimum atomic E-state index is -0.404. The summed E-state index contributed by atoms with van der Waals surface area (Å²) in [7, 11) is 1.39. The highest BCUT2D eigenvalue weighted by atomic mass is 16.5. The molecule has 0 aromatic carbocycles. The highest BCUT2D eigenvalue weighted by molar-refractivity contribution is 5.82. The number of carbonyl (C=O) groups is 2. The summed E-state index contributed by atoms with van der Waals surface area (Å²) in [5, 5.41) is 0. The summed E-state index contributed by atoms with van der Waals surface area (Å²) >= 11 is 0. The van der Waals surface area contributed by atoms with Crippen LogP contribution in [0.15, 0.2) is 0 Å². The first-order chi connectivity index (χ1) is 8.77. The first-order valence-corrected chi connectivity index (χ1v) is 7.16. The van der Waals surface area contributed by atoms with E-state index in [9.17, 15) is 9.59 Å². The van der Waals surface area contributed by atoms with Gasteiger partial charge in [-0.2, -0.15) is 0 Å². The van der Waals surface area contributed by atoms with Crippen LogP contribution in [0.25, 0.3) is 0 Å². The summed E-state index contributed by atoms with van der Waals surface area (Å²) < 4.78 is 4.76. The second kappa shape index (κ2) is 6.40. The molecular formula is C15H27NO3. The third-order valence-corrected chi connectivity index (χ3v) is 3.74. The molecule has 0 heterocycles. The standard InChI is InChI=1S/C15H27NO3/c1-11(13(17)19-5)10-16(12-8-6-7-9-12)14(18)15(2,3)4/h11-12H,6-10H2,1-5H3. The van der Waals surface area contributed by atoms with Gasteiger partial charge in [-0.25, -0.2) is 0 Å². The van der Waals surface area contributed by atoms with E-state index in [1.165, 1.54) is 20.0 Å². The molecular weight excluding hydrogens is 242 g/mol. The molecule has 1 saturated carbocycles. The number of methoxy groups -OCH3 is 1. The molecule has 0 spiro atoms. The van der Waals surface area contributed by atoms with Crippen molar-refractivity contribution in [1.82, 2.24) is 4.90 Å². The van der Waals surface area contributed by atoms with E-state index >= 15 is 0 Å². The van der Waals surface area contributed by atoms with E-state index in [0.717, 1.165) is 12.8 Å². The van der Waals surface area contributed by atoms with E-state index in [1.807, 2.05) is 32.6 Å². The normalized spacial score (nSPS) is 18.2. The maximum atomic E-state index is 12.6. The fraction of sp³-hybridized carbons (Fsp3) is 0.867. The molecule has 1 fully saturated rings. The van der Waals surface area contributed by atoms with Gasteiger partial charge in [0.25, 0.3) is 0 Å². The molecule has 1 atom stereocenters. The van der Waals surface area contributed by atoms with Gasteiger partial charge in [-0.3, -0.25) is 9.59 Å². The molecule has 0 N–H and O–H groups in total. The van der Waals surface area contributed by atoms with Crippen LogP contribution >= 0.6 is 0 Å². The van der Waals surface area contributed by atoms with Crippen LogP contribution in [0.5, 0.6) is 0 Å². The van der Waals surface area contributed by atoms with Crippen molar-refractivity contribution in [3.8, 4) is 0 Å². The molecule has 4 nitrogen and oxygen atoms in total. The topological polar surface area (TPSA) is 46.6 Å². The molecule has 0 radical (unpaired) electrons. The molecule has 1 aliphatic rings. The first kappa shape index (κ1) is 16.0. The molecule has 1 amide bonds. The van der Waals surface area contributed by atoms with Crippen LogP contribution in [0.3, 0.4) is 0 Å². The summed E-state index contributed by atoms with van der Waals surface area (Å²) in [5.41, 5.74) is -0.404. The number of hydrogen-bond donors (Lipinski definition) is 0. The van der Waals surface area contributed by atoms with Gasteiger partial charge >= 0.3 is 5.97 Å². The number of esters is 1. The van der Waals surface area contributed by atoms with Gasteiger partial charge in [0.05, 0.1) is 13.0 Å². The minimum absolute atomic E-state index is 0.134. The van der Waals surface area contributed by atoms with Crippen LogP contribution in [-0.2, 0) is 14.3 Å². The largest absolute Gasteiger partial charge is 0.469 e. The SMILES string of the molecule is COC(=O)C(C)CN(C(=O)C(C)(C)C)C1CCCC1. The Bertz CT molecular complexity index is 327. The quantitative estimate of drug-likeness (QED) is 0.737. The number of ether oxygens (including phenoxy) is 1. The van der Waals surface area contributed by atoms with Gasteiger partial charge in [0.2, 0.25) is 5.91 Å². The van der Waals surface area contributed by atoms with E-state index in [4.69, 9.17) is 4.74 Å². The van der Waals surface area contributed by atoms with Crippen molar-refractivity contribution in [3.05, 3.63) is 0 Å². The second-order valence-corrected chi connectivity index (χ2v) is 6.57. The van der Waals surface area contributed by atoms with Crippen LogP contribution in [-0.4, -0.2) is 36.5 Å². The fourth-order valence-electron chi connectivity index (χ4n) is 2.62. The molecule has 0 saturated heterocycles. The zero-order chi connectivity index (χ0) is 14.6. The monoisotopic (exact) mass is 269 g/mol. The van der Waals surface area contributed by atoms with E-state index in [2.05, 4.69) is 0 Å². The summed E-state index contributed by atoms with van der Waals surface area (Å²) in [6.07, 6.45) is 4.45. The van der Waals surface area contributed by atoms with Crippen molar-refractivity contribution >= 4 is 11.9 Å². The summed E-state index contributed by atoms with van der Waals surface area (Å²) in [5.74, 6) is -0.378. The van der Waals surface area contributed by atoms with E-state index in [1.54, 1.807) is 0 Å². The van der Waals surface area contributed by atoms with Gasteiger partial charge in [-0.15, -0.1) is 0 Å². The highest BCUT2D eigenvalue weighted by Gasteiger charge is 2.35. The van der Waals surface area contributed by atoms with Crippen molar-refractivity contribution in [2.75, 3.05) is 13.7 Å². The molecule has 0 aromatic heterocycles. The number of rotatable bonds is 4. The van der Waals surface area contributed by atoms with Gasteiger partial charge in [-0.1, -0.05) is 40.5 Å². The summed E-state index contributed by atoms with van der Waals surface area (Å²) in [6, 6.07) is 0.291. The molecule has 1 aliphatic carbocycles. The Morgan fingerprint density at radius 2 is 1.79 bits per heavy atom. The van der Waals surface area contributed by atoms with Crippen LogP contribution in [0.4, 0.5) is 0 Å². The molecule has 110 valence electrons. The van der Waals surface area contributed by atoms with Crippen molar-refractivity contribution < 1.29 is 14.3 Å².